The first-order valence-electron chi connectivity index (χ1n) is 39.4. The molecule has 15 rings (SSSR count). The molecule has 14 atom stereocenters. The minimum Gasteiger partial charge on any atom is -0.508 e. The summed E-state index contributed by atoms with van der Waals surface area (Å²) in [4.78, 5) is 129. The second-order valence-corrected chi connectivity index (χ2v) is 31.6. The van der Waals surface area contributed by atoms with Gasteiger partial charge in [-0.2, -0.15) is 0 Å². The molecule has 10 unspecified atom stereocenters. The van der Waals surface area contributed by atoms with Crippen molar-refractivity contribution in [2.75, 3.05) is 61.4 Å². The molecule has 0 saturated carbocycles. The van der Waals surface area contributed by atoms with E-state index in [1.165, 1.54) is 67.7 Å². The zero-order valence-corrected chi connectivity index (χ0v) is 68.4. The number of aliphatic hydroxyl groups excluding tert-OH is 4. The number of likely N-dealkylation sites (N-methyl/N-ethyl adjacent to an activating group) is 1. The number of nitrogens with zero attached hydrogens (tertiary/aromatic N) is 2. The van der Waals surface area contributed by atoms with Crippen LogP contribution in [0.15, 0.2) is 140 Å². The number of carbonyl (C=O) groups is 8. The summed E-state index contributed by atoms with van der Waals surface area (Å²) < 4.78 is 33.5. The van der Waals surface area contributed by atoms with Crippen LogP contribution >= 0.6 is 23.2 Å². The Balaban J connectivity index is 1.07. The number of aromatic hydroxyl groups is 5. The second kappa shape index (κ2) is 37.9. The van der Waals surface area contributed by atoms with Crippen molar-refractivity contribution in [2.24, 2.45) is 0 Å². The summed E-state index contributed by atoms with van der Waals surface area (Å²) in [6.45, 7) is 3.09. The lowest BCUT2D eigenvalue weighted by molar-refractivity contribution is -0.235. The lowest BCUT2D eigenvalue weighted by Gasteiger charge is -2.42. The molecule has 1 saturated heterocycles. The summed E-state index contributed by atoms with van der Waals surface area (Å²) in [5, 5.41) is 136. The molecule has 19 N–H and O–H groups in total. The number of aliphatic hydroxyl groups is 4. The van der Waals surface area contributed by atoms with E-state index < -0.39 is 206 Å². The normalized spacial score (nSPS) is 23.4. The van der Waals surface area contributed by atoms with Gasteiger partial charge in [-0.05, 0) is 197 Å². The van der Waals surface area contributed by atoms with E-state index in [0.29, 0.717) is 31.5 Å². The number of fused-ring (bicyclic) bond motifs is 13. The van der Waals surface area contributed by atoms with Crippen molar-refractivity contribution in [2.45, 2.75) is 131 Å². The first-order chi connectivity index (χ1) is 58.3. The van der Waals surface area contributed by atoms with E-state index in [2.05, 4.69) is 60.1 Å². The Morgan fingerprint density at radius 3 is 1.64 bits per heavy atom. The predicted molar refractivity (Wildman–Crippen MR) is 441 cm³/mol. The monoisotopic (exact) mass is 1720 g/mol. The third-order valence-corrected chi connectivity index (χ3v) is 22.1. The van der Waals surface area contributed by atoms with Crippen LogP contribution in [0.3, 0.4) is 0 Å². The molecule has 0 aromatic heterocycles. The van der Waals surface area contributed by atoms with Crippen LogP contribution in [0.2, 0.25) is 10.0 Å². The average molecular weight is 1720 g/mol. The van der Waals surface area contributed by atoms with Crippen molar-refractivity contribution in [3.8, 4) is 80.1 Å². The van der Waals surface area contributed by atoms with E-state index >= 15 is 24.0 Å². The van der Waals surface area contributed by atoms with Crippen LogP contribution in [0.1, 0.15) is 125 Å². The van der Waals surface area contributed by atoms with Gasteiger partial charge in [-0.3, -0.25) is 38.4 Å². The SMILES string of the molecule is CCCCc1ccc(CN[C@@H]2[C@@H](Oc3c4cc5cc3Oc3ccc(cc3Cl)C(O)C3NC(=O)C(NC(=O)C5NC(=O)C5NC(=O)C(NC(=O)C(NC)c6ccc(O)c(c6)Oc6cc(O)cc5c6)C(O)c5ccc(c(Cl)c5)O4)c4cccc(O)c4-c4c(O)cc(O)cc4C(C(=O)NCCCN(C)C)NC3=O)OC(C(=O)NCCCN(C)C)[C@H](O)[C@H]2O)cc1. The number of hydrogen-bond donors (Lipinski definition) is 19. The Morgan fingerprint density at radius 2 is 1.03 bits per heavy atom. The lowest BCUT2D eigenvalue weighted by atomic mass is 9.87. The number of amides is 8. The second-order valence-electron chi connectivity index (χ2n) is 30.8. The third kappa shape index (κ3) is 19.4. The van der Waals surface area contributed by atoms with Crippen LogP contribution < -0.4 is 72.1 Å². The molecule has 122 heavy (non-hydrogen) atoms. The third-order valence-electron chi connectivity index (χ3n) is 21.5. The number of phenols is 5. The standard InChI is InChI=1S/C86H94Cl2N12O22/c1-7-8-12-40-15-17-41(18-16-40)39-92-71-74(108)75(109)77(85(117)91-26-11-28-100(5)6)122-86(71)121-76-60-34-46-35-61(76)120-58-24-21-44(32-53(58)88)73(107)70-84(116)96-68(78(110)90-25-10-27-99(3)4)51-37-48(102)38-56(105)63(51)62-50(13-9-14-55(62)104)67(82(114)98-70)95-81(113)66(46)93-80(112)65-45-29-47(101)36-49(30-45)118-59-33-42(19-22-54(59)103)64(89-2)79(111)97-69(83(115)94-65)72(106)43-20-23-57(119-60)52(87)31-43/h9,13-24,29-38,64-75,77,86,89,92,101-109H,7-8,10-12,25-28,39H2,1-6H3,(H,90,110)(H,91,117)(H,93,112)(H,94,115)(H,95,113)(H,96,116)(H,97,111)(H,98,114)/t64?,65?,66?,67?,68?,69?,70?,71-,72?,73?,74-,75+,77?,86-/m0/s1. The highest BCUT2D eigenvalue weighted by Gasteiger charge is 2.50. The highest BCUT2D eigenvalue weighted by atomic mass is 35.5. The van der Waals surface area contributed by atoms with E-state index in [4.69, 9.17) is 46.9 Å². The molecule has 15 bridgehead atoms. The number of nitrogens with one attached hydrogen (secondary N) is 10. The minimum absolute atomic E-state index is 0.0155. The van der Waals surface area contributed by atoms with Gasteiger partial charge in [0.25, 0.3) is 5.91 Å². The average Bonchev–Trinajstić information content (AvgIpc) is 1.19. The Kier molecular flexibility index (Phi) is 27.3. The molecule has 36 heteroatoms. The highest BCUT2D eigenvalue weighted by molar-refractivity contribution is 6.32. The Labute approximate surface area is 709 Å². The van der Waals surface area contributed by atoms with Gasteiger partial charge in [-0.15, -0.1) is 0 Å². The largest absolute Gasteiger partial charge is 0.508 e. The van der Waals surface area contributed by atoms with Crippen LogP contribution in [0.25, 0.3) is 11.1 Å². The van der Waals surface area contributed by atoms with E-state index in [-0.39, 0.29) is 74.9 Å². The van der Waals surface area contributed by atoms with E-state index in [1.807, 2.05) is 48.2 Å². The summed E-state index contributed by atoms with van der Waals surface area (Å²) >= 11 is 14.6. The number of hydrogen-bond acceptors (Lipinski definition) is 26. The zero-order valence-electron chi connectivity index (χ0n) is 66.9. The molecule has 7 heterocycles. The molecule has 0 spiro atoms. The van der Waals surface area contributed by atoms with E-state index in [9.17, 15) is 60.3 Å². The fourth-order valence-corrected chi connectivity index (χ4v) is 15.6. The van der Waals surface area contributed by atoms with Crippen LogP contribution in [0.5, 0.6) is 69.0 Å². The molecular weight excluding hydrogens is 1620 g/mol. The van der Waals surface area contributed by atoms with Crippen molar-refractivity contribution in [1.29, 1.82) is 0 Å². The Morgan fingerprint density at radius 1 is 0.492 bits per heavy atom. The van der Waals surface area contributed by atoms with Gasteiger partial charge in [0.05, 0.1) is 16.1 Å². The maximum absolute atomic E-state index is 16.9. The van der Waals surface area contributed by atoms with E-state index in [1.54, 1.807) is 14.1 Å². The van der Waals surface area contributed by atoms with Gasteiger partial charge in [0.15, 0.2) is 29.1 Å². The number of benzene rings is 8. The molecule has 1 fully saturated rings. The Bertz CT molecular complexity index is 5320. The fraction of sp³-hybridized carbons (Fsp3) is 0.349. The first-order valence-corrected chi connectivity index (χ1v) is 40.2. The van der Waals surface area contributed by atoms with E-state index in [0.717, 1.165) is 79.4 Å². The molecule has 8 amide bonds. The van der Waals surface area contributed by atoms with Gasteiger partial charge in [-0.1, -0.05) is 91.1 Å². The predicted octanol–water partition coefficient (Wildman–Crippen LogP) is 5.41. The summed E-state index contributed by atoms with van der Waals surface area (Å²) in [5.74, 6) is -16.1. The van der Waals surface area contributed by atoms with Crippen LogP contribution in [-0.2, 0) is 56.1 Å². The number of carbonyl (C=O) groups excluding carboxylic acids is 8. The van der Waals surface area contributed by atoms with Gasteiger partial charge in [0.1, 0.15) is 107 Å². The number of unbranched alkanes of at least 4 members (excludes halogenated alkanes) is 1. The fourth-order valence-electron chi connectivity index (χ4n) is 15.1. The van der Waals surface area contributed by atoms with Gasteiger partial charge < -0.3 is 133 Å². The number of aryl methyl sites for hydroxylation is 1. The van der Waals surface area contributed by atoms with Gasteiger partial charge in [-0.25, -0.2) is 0 Å². The molecular formula is C86H94Cl2N12O22. The summed E-state index contributed by atoms with van der Waals surface area (Å²) in [5.41, 5.74) is -1.21. The van der Waals surface area contributed by atoms with Crippen molar-refractivity contribution >= 4 is 70.5 Å². The molecule has 0 aliphatic carbocycles. The number of rotatable bonds is 19. The highest BCUT2D eigenvalue weighted by Crippen LogP contribution is 2.51. The smallest absolute Gasteiger partial charge is 0.252 e. The van der Waals surface area contributed by atoms with Crippen LogP contribution in [0.4, 0.5) is 0 Å². The van der Waals surface area contributed by atoms with Crippen LogP contribution in [-0.4, -0.2) is 207 Å². The lowest BCUT2D eigenvalue weighted by Crippen LogP contribution is -2.66. The molecule has 0 radical (unpaired) electrons. The van der Waals surface area contributed by atoms with Gasteiger partial charge in [0.2, 0.25) is 53.4 Å². The summed E-state index contributed by atoms with van der Waals surface area (Å²) in [6.07, 6.45) is -8.61. The van der Waals surface area contributed by atoms with Crippen molar-refractivity contribution in [3.63, 3.8) is 0 Å². The van der Waals surface area contributed by atoms with Crippen LogP contribution in [0, 0.1) is 0 Å². The topological polar surface area (TPSA) is 492 Å². The Hall–Kier alpha value is -12.1. The summed E-state index contributed by atoms with van der Waals surface area (Å²) in [7, 11) is 8.66. The maximum Gasteiger partial charge on any atom is 0.252 e. The van der Waals surface area contributed by atoms with Crippen molar-refractivity contribution < 1.29 is 108 Å². The number of ether oxygens (including phenoxy) is 5. The maximum atomic E-state index is 16.9. The molecule has 7 aliphatic heterocycles. The quantitative estimate of drug-likeness (QED) is 0.0450. The van der Waals surface area contributed by atoms with Gasteiger partial charge >= 0.3 is 0 Å². The molecule has 34 nitrogen and oxygen atoms in total. The molecule has 8 aromatic rings. The summed E-state index contributed by atoms with van der Waals surface area (Å²) in [6, 6.07) is 13.3. The van der Waals surface area contributed by atoms with Gasteiger partial charge in [0, 0.05) is 42.9 Å². The number of halogens is 2. The minimum atomic E-state index is -2.41. The molecule has 7 aliphatic rings. The first kappa shape index (κ1) is 87.7. The zero-order chi connectivity index (χ0) is 87.2. The number of phenolic OH excluding ortho intramolecular Hbond substituents is 5. The molecule has 8 aromatic carbocycles. The van der Waals surface area contributed by atoms with Crippen molar-refractivity contribution in [1.82, 2.24) is 63.0 Å². The molecule has 644 valence electrons. The van der Waals surface area contributed by atoms with Crippen molar-refractivity contribution in [3.05, 3.63) is 200 Å².